The number of aromatic carboxylic acids is 1. The molecule has 1 aromatic rings. The molecule has 3 rings (SSSR count). The highest BCUT2D eigenvalue weighted by Crippen LogP contribution is 2.40. The molecule has 1 fully saturated rings. The van der Waals surface area contributed by atoms with Gasteiger partial charge in [0.15, 0.2) is 0 Å². The molecule has 0 amide bonds. The van der Waals surface area contributed by atoms with Crippen molar-refractivity contribution in [1.82, 2.24) is 9.88 Å². The summed E-state index contributed by atoms with van der Waals surface area (Å²) in [5, 5.41) is 9.33. The molecule has 1 aromatic heterocycles. The van der Waals surface area contributed by atoms with Gasteiger partial charge in [-0.15, -0.1) is 0 Å². The van der Waals surface area contributed by atoms with E-state index in [1.807, 2.05) is 20.8 Å². The van der Waals surface area contributed by atoms with Crippen LogP contribution in [0.3, 0.4) is 0 Å². The lowest BCUT2D eigenvalue weighted by Crippen LogP contribution is -2.39. The normalized spacial score (nSPS) is 26.6. The third-order valence-electron chi connectivity index (χ3n) is 4.77. The summed E-state index contributed by atoms with van der Waals surface area (Å²) in [6.07, 6.45) is -0.230. The third kappa shape index (κ3) is 3.04. The quantitative estimate of drug-likeness (QED) is 0.927. The van der Waals surface area contributed by atoms with Crippen molar-refractivity contribution in [2.45, 2.75) is 45.3 Å². The highest BCUT2D eigenvalue weighted by atomic mass is 19.1. The molecule has 5 nitrogen and oxygen atoms in total. The number of carbonyl (C=O) groups is 1. The maximum absolute atomic E-state index is 13.6. The molecule has 2 aliphatic rings. The maximum Gasteiger partial charge on any atom is 0.354 e. The van der Waals surface area contributed by atoms with Crippen LogP contribution in [0.4, 0.5) is 4.39 Å². The fraction of sp³-hybridized carbons (Fsp3) is 0.647. The van der Waals surface area contributed by atoms with Gasteiger partial charge in [0, 0.05) is 36.5 Å². The van der Waals surface area contributed by atoms with Gasteiger partial charge in [0.1, 0.15) is 17.6 Å². The van der Waals surface area contributed by atoms with Crippen LogP contribution in [0.1, 0.15) is 48.9 Å². The molecule has 0 aromatic carbocycles. The second-order valence-electron chi connectivity index (χ2n) is 7.34. The fourth-order valence-corrected chi connectivity index (χ4v) is 3.34. The first-order valence-electron chi connectivity index (χ1n) is 8.05. The van der Waals surface area contributed by atoms with Gasteiger partial charge in [-0.1, -0.05) is 20.8 Å². The largest absolute Gasteiger partial charge is 0.490 e. The average molecular weight is 322 g/mol. The number of rotatable bonds is 3. The Morgan fingerprint density at radius 3 is 2.96 bits per heavy atom. The van der Waals surface area contributed by atoms with E-state index in [9.17, 15) is 14.3 Å². The summed E-state index contributed by atoms with van der Waals surface area (Å²) in [5.41, 5.74) is 1.29. The highest BCUT2D eigenvalue weighted by Gasteiger charge is 2.37. The number of hydrogen-bond donors (Lipinski definition) is 1. The molecule has 0 saturated carbocycles. The van der Waals surface area contributed by atoms with Crippen molar-refractivity contribution in [2.24, 2.45) is 5.92 Å². The number of carboxylic acids is 1. The van der Waals surface area contributed by atoms with E-state index < -0.39 is 12.1 Å². The van der Waals surface area contributed by atoms with Gasteiger partial charge in [-0.25, -0.2) is 14.2 Å². The molecule has 0 spiro atoms. The summed E-state index contributed by atoms with van der Waals surface area (Å²) >= 11 is 0. The zero-order valence-corrected chi connectivity index (χ0v) is 13.8. The topological polar surface area (TPSA) is 62.7 Å². The molecule has 0 aliphatic carbocycles. The van der Waals surface area contributed by atoms with E-state index in [4.69, 9.17) is 4.74 Å². The first-order chi connectivity index (χ1) is 10.8. The van der Waals surface area contributed by atoms with Crippen LogP contribution in [0.5, 0.6) is 5.75 Å². The van der Waals surface area contributed by atoms with Gasteiger partial charge >= 0.3 is 5.97 Å². The van der Waals surface area contributed by atoms with E-state index in [-0.39, 0.29) is 17.0 Å². The zero-order valence-electron chi connectivity index (χ0n) is 13.8. The molecule has 0 unspecified atom stereocenters. The number of piperidine rings is 1. The first-order valence-corrected chi connectivity index (χ1v) is 8.05. The smallest absolute Gasteiger partial charge is 0.354 e. The molecule has 23 heavy (non-hydrogen) atoms. The van der Waals surface area contributed by atoms with Gasteiger partial charge in [-0.2, -0.15) is 0 Å². The Bertz CT molecular complexity index is 633. The summed E-state index contributed by atoms with van der Waals surface area (Å²) in [6.45, 7) is 8.32. The minimum absolute atomic E-state index is 0.00469. The predicted molar refractivity (Wildman–Crippen MR) is 83.7 cm³/mol. The monoisotopic (exact) mass is 322 g/mol. The van der Waals surface area contributed by atoms with Crippen molar-refractivity contribution < 1.29 is 19.0 Å². The van der Waals surface area contributed by atoms with Crippen LogP contribution in [0, 0.1) is 5.92 Å². The van der Waals surface area contributed by atoms with Gasteiger partial charge in [-0.05, 0) is 12.5 Å². The Balaban J connectivity index is 1.91. The van der Waals surface area contributed by atoms with Gasteiger partial charge in [0.25, 0.3) is 0 Å². The van der Waals surface area contributed by atoms with Crippen molar-refractivity contribution in [2.75, 3.05) is 19.7 Å². The number of carboxylic acid groups (broad SMARTS) is 1. The second kappa shape index (κ2) is 5.74. The number of pyridine rings is 1. The van der Waals surface area contributed by atoms with Crippen molar-refractivity contribution in [3.05, 3.63) is 23.0 Å². The Hall–Kier alpha value is -1.69. The number of ether oxygens (including phenoxy) is 1. The number of likely N-dealkylation sites (tertiary alicyclic amines) is 1. The number of hydrogen-bond acceptors (Lipinski definition) is 4. The van der Waals surface area contributed by atoms with Crippen LogP contribution in [-0.4, -0.2) is 46.8 Å². The van der Waals surface area contributed by atoms with E-state index in [2.05, 4.69) is 9.88 Å². The van der Waals surface area contributed by atoms with Gasteiger partial charge in [-0.3, -0.25) is 4.90 Å². The lowest BCUT2D eigenvalue weighted by molar-refractivity contribution is 0.0689. The molecular formula is C17H23FN2O3. The molecule has 3 heterocycles. The van der Waals surface area contributed by atoms with E-state index in [0.717, 1.165) is 5.56 Å². The maximum atomic E-state index is 13.6. The Kier molecular flexibility index (Phi) is 4.04. The van der Waals surface area contributed by atoms with Crippen molar-refractivity contribution in [3.63, 3.8) is 0 Å². The van der Waals surface area contributed by atoms with E-state index in [1.165, 1.54) is 0 Å². The van der Waals surface area contributed by atoms with Crippen LogP contribution in [0.2, 0.25) is 0 Å². The molecule has 1 N–H and O–H groups in total. The number of halogens is 1. The van der Waals surface area contributed by atoms with Crippen LogP contribution in [-0.2, 0) is 12.0 Å². The minimum Gasteiger partial charge on any atom is -0.490 e. The molecule has 2 atom stereocenters. The first kappa shape index (κ1) is 16.2. The number of alkyl halides is 1. The molecular weight excluding hydrogens is 299 g/mol. The average Bonchev–Trinajstić information content (AvgIpc) is 2.79. The minimum atomic E-state index is -1.03. The third-order valence-corrected chi connectivity index (χ3v) is 4.77. The van der Waals surface area contributed by atoms with Crippen LogP contribution < -0.4 is 4.74 Å². The van der Waals surface area contributed by atoms with Crippen LogP contribution in [0.15, 0.2) is 6.07 Å². The Morgan fingerprint density at radius 2 is 2.30 bits per heavy atom. The zero-order chi connectivity index (χ0) is 16.8. The second-order valence-corrected chi connectivity index (χ2v) is 7.34. The molecule has 6 heteroatoms. The van der Waals surface area contributed by atoms with Crippen molar-refractivity contribution in [3.8, 4) is 5.75 Å². The summed E-state index contributed by atoms with van der Waals surface area (Å²) in [6, 6.07) is 1.59. The lowest BCUT2D eigenvalue weighted by Gasteiger charge is -2.33. The van der Waals surface area contributed by atoms with Gasteiger partial charge in [0.2, 0.25) is 0 Å². The predicted octanol–water partition coefficient (Wildman–Crippen LogP) is 2.63. The number of aromatic nitrogens is 1. The standard InChI is InChI=1S/C17H23FN2O3/c1-10-7-20(5-4-12(10)18)8-11-6-13(16(21)22)19-15-14(11)23-9-17(15,2)3/h6,10,12H,4-5,7-9H2,1-3H3,(H,21,22)/t10-,12+/m1/s1. The van der Waals surface area contributed by atoms with E-state index in [1.54, 1.807) is 6.07 Å². The molecule has 2 aliphatic heterocycles. The molecule has 0 radical (unpaired) electrons. The molecule has 1 saturated heterocycles. The Morgan fingerprint density at radius 1 is 1.57 bits per heavy atom. The van der Waals surface area contributed by atoms with E-state index >= 15 is 0 Å². The summed E-state index contributed by atoms with van der Waals surface area (Å²) in [7, 11) is 0. The summed E-state index contributed by atoms with van der Waals surface area (Å²) < 4.78 is 19.5. The van der Waals surface area contributed by atoms with E-state index in [0.29, 0.717) is 44.1 Å². The highest BCUT2D eigenvalue weighted by molar-refractivity contribution is 5.86. The van der Waals surface area contributed by atoms with Crippen LogP contribution in [0.25, 0.3) is 0 Å². The molecule has 126 valence electrons. The van der Waals surface area contributed by atoms with Gasteiger partial charge in [0.05, 0.1) is 12.3 Å². The molecule has 0 bridgehead atoms. The van der Waals surface area contributed by atoms with Crippen molar-refractivity contribution >= 4 is 5.97 Å². The SMILES string of the molecule is C[C@@H]1CN(Cc2cc(C(=O)O)nc3c2OCC3(C)C)CC[C@@H]1F. The van der Waals surface area contributed by atoms with Crippen LogP contribution >= 0.6 is 0 Å². The lowest BCUT2D eigenvalue weighted by atomic mass is 9.90. The van der Waals surface area contributed by atoms with Crippen molar-refractivity contribution in [1.29, 1.82) is 0 Å². The summed E-state index contributed by atoms with van der Waals surface area (Å²) in [5.74, 6) is -0.336. The number of nitrogens with zero attached hydrogens (tertiary/aromatic N) is 2. The summed E-state index contributed by atoms with van der Waals surface area (Å²) in [4.78, 5) is 17.8. The van der Waals surface area contributed by atoms with Gasteiger partial charge < -0.3 is 9.84 Å². The number of fused-ring (bicyclic) bond motifs is 1. The Labute approximate surface area is 135 Å². The fourth-order valence-electron chi connectivity index (χ4n) is 3.34.